The van der Waals surface area contributed by atoms with E-state index in [0.29, 0.717) is 17.6 Å². The number of sulfonamides is 1. The summed E-state index contributed by atoms with van der Waals surface area (Å²) >= 11 is 0. The number of hydrogen-bond donors (Lipinski definition) is 2. The van der Waals surface area contributed by atoms with Crippen molar-refractivity contribution in [2.75, 3.05) is 5.73 Å². The SMILES string of the molecule is Cc1nc(C2CCCCC2)c(-c2ccc(S(N)(=O)=O)c(N)c2)o1. The van der Waals surface area contributed by atoms with Gasteiger partial charge in [-0.15, -0.1) is 0 Å². The van der Waals surface area contributed by atoms with Gasteiger partial charge in [0, 0.05) is 18.4 Å². The predicted octanol–water partition coefficient (Wildman–Crippen LogP) is 2.93. The first-order valence-corrected chi connectivity index (χ1v) is 9.31. The lowest BCUT2D eigenvalue weighted by molar-refractivity contribution is 0.437. The van der Waals surface area contributed by atoms with Gasteiger partial charge in [0.2, 0.25) is 10.0 Å². The molecule has 4 N–H and O–H groups in total. The fourth-order valence-electron chi connectivity index (χ4n) is 3.25. The number of hydrogen-bond acceptors (Lipinski definition) is 5. The van der Waals surface area contributed by atoms with Crippen LogP contribution in [0.3, 0.4) is 0 Å². The highest BCUT2D eigenvalue weighted by Crippen LogP contribution is 2.39. The summed E-state index contributed by atoms with van der Waals surface area (Å²) < 4.78 is 28.8. The van der Waals surface area contributed by atoms with Crippen molar-refractivity contribution in [1.82, 2.24) is 4.98 Å². The molecule has 1 aromatic heterocycles. The van der Waals surface area contributed by atoms with Gasteiger partial charge in [0.15, 0.2) is 11.7 Å². The van der Waals surface area contributed by atoms with Gasteiger partial charge in [-0.2, -0.15) is 0 Å². The van der Waals surface area contributed by atoms with Crippen LogP contribution in [0.2, 0.25) is 0 Å². The van der Waals surface area contributed by atoms with Crippen LogP contribution in [0.4, 0.5) is 5.69 Å². The van der Waals surface area contributed by atoms with Crippen molar-refractivity contribution in [3.05, 3.63) is 29.8 Å². The molecule has 0 bridgehead atoms. The topological polar surface area (TPSA) is 112 Å². The Morgan fingerprint density at radius 2 is 1.91 bits per heavy atom. The van der Waals surface area contributed by atoms with E-state index >= 15 is 0 Å². The molecule has 0 radical (unpaired) electrons. The number of nitrogen functional groups attached to an aromatic ring is 1. The third kappa shape index (κ3) is 3.25. The maximum absolute atomic E-state index is 11.5. The van der Waals surface area contributed by atoms with E-state index in [1.165, 1.54) is 25.3 Å². The second kappa shape index (κ2) is 5.98. The first-order chi connectivity index (χ1) is 10.9. The maximum Gasteiger partial charge on any atom is 0.240 e. The molecule has 0 saturated heterocycles. The van der Waals surface area contributed by atoms with Crippen LogP contribution in [0.15, 0.2) is 27.5 Å². The largest absolute Gasteiger partial charge is 0.441 e. The number of nitrogens with zero attached hydrogens (tertiary/aromatic N) is 1. The quantitative estimate of drug-likeness (QED) is 0.837. The number of anilines is 1. The zero-order valence-electron chi connectivity index (χ0n) is 13.1. The van der Waals surface area contributed by atoms with Crippen molar-refractivity contribution < 1.29 is 12.8 Å². The molecule has 6 nitrogen and oxygen atoms in total. The molecule has 124 valence electrons. The molecule has 1 heterocycles. The molecule has 1 aromatic carbocycles. The molecular formula is C16H21N3O3S. The van der Waals surface area contributed by atoms with Gasteiger partial charge in [0.05, 0.1) is 11.4 Å². The average Bonchev–Trinajstić information content (AvgIpc) is 2.89. The van der Waals surface area contributed by atoms with Crippen LogP contribution in [0.25, 0.3) is 11.3 Å². The maximum atomic E-state index is 11.5. The van der Waals surface area contributed by atoms with Crippen LogP contribution in [-0.2, 0) is 10.0 Å². The summed E-state index contributed by atoms with van der Waals surface area (Å²) in [5.74, 6) is 1.67. The van der Waals surface area contributed by atoms with Crippen molar-refractivity contribution in [3.63, 3.8) is 0 Å². The van der Waals surface area contributed by atoms with E-state index in [4.69, 9.17) is 15.3 Å². The molecule has 0 amide bonds. The third-order valence-electron chi connectivity index (χ3n) is 4.33. The summed E-state index contributed by atoms with van der Waals surface area (Å²) in [6.07, 6.45) is 5.86. The van der Waals surface area contributed by atoms with Crippen molar-refractivity contribution >= 4 is 15.7 Å². The van der Waals surface area contributed by atoms with E-state index in [9.17, 15) is 8.42 Å². The summed E-state index contributed by atoms with van der Waals surface area (Å²) in [5, 5.41) is 5.15. The van der Waals surface area contributed by atoms with E-state index < -0.39 is 10.0 Å². The van der Waals surface area contributed by atoms with Crippen molar-refractivity contribution in [3.8, 4) is 11.3 Å². The second-order valence-corrected chi connectivity index (χ2v) is 7.61. The molecule has 1 fully saturated rings. The number of aryl methyl sites for hydroxylation is 1. The number of primary sulfonamides is 1. The first-order valence-electron chi connectivity index (χ1n) is 7.76. The zero-order valence-corrected chi connectivity index (χ0v) is 13.9. The van der Waals surface area contributed by atoms with Crippen LogP contribution in [0.1, 0.15) is 49.6 Å². The molecule has 0 spiro atoms. The van der Waals surface area contributed by atoms with Crippen molar-refractivity contribution in [2.24, 2.45) is 5.14 Å². The van der Waals surface area contributed by atoms with Crippen LogP contribution < -0.4 is 10.9 Å². The Labute approximate surface area is 135 Å². The molecule has 0 unspecified atom stereocenters. The molecular weight excluding hydrogens is 314 g/mol. The van der Waals surface area contributed by atoms with Crippen molar-refractivity contribution in [1.29, 1.82) is 0 Å². The molecule has 1 aliphatic rings. The van der Waals surface area contributed by atoms with E-state index in [2.05, 4.69) is 4.98 Å². The van der Waals surface area contributed by atoms with E-state index in [1.807, 2.05) is 6.92 Å². The minimum absolute atomic E-state index is 0.0725. The third-order valence-corrected chi connectivity index (χ3v) is 5.32. The zero-order chi connectivity index (χ0) is 16.6. The summed E-state index contributed by atoms with van der Waals surface area (Å²) in [6, 6.07) is 4.68. The lowest BCUT2D eigenvalue weighted by Gasteiger charge is -2.20. The van der Waals surface area contributed by atoms with Gasteiger partial charge in [-0.3, -0.25) is 0 Å². The van der Waals surface area contributed by atoms with E-state index in [1.54, 1.807) is 12.1 Å². The molecule has 23 heavy (non-hydrogen) atoms. The average molecular weight is 335 g/mol. The molecule has 0 aliphatic heterocycles. The summed E-state index contributed by atoms with van der Waals surface area (Å²) in [6.45, 7) is 1.82. The molecule has 7 heteroatoms. The predicted molar refractivity (Wildman–Crippen MR) is 88.3 cm³/mol. The van der Waals surface area contributed by atoms with Gasteiger partial charge in [0.25, 0.3) is 0 Å². The number of oxazole rings is 1. The summed E-state index contributed by atoms with van der Waals surface area (Å²) in [7, 11) is -3.83. The molecule has 3 rings (SSSR count). The second-order valence-electron chi connectivity index (χ2n) is 6.08. The lowest BCUT2D eigenvalue weighted by atomic mass is 9.85. The Kier molecular flexibility index (Phi) is 4.16. The van der Waals surface area contributed by atoms with E-state index in [0.717, 1.165) is 24.1 Å². The smallest absolute Gasteiger partial charge is 0.240 e. The normalized spacial score (nSPS) is 16.6. The Morgan fingerprint density at radius 3 is 2.52 bits per heavy atom. The highest BCUT2D eigenvalue weighted by molar-refractivity contribution is 7.89. The fraction of sp³-hybridized carbons (Fsp3) is 0.438. The number of benzene rings is 1. The van der Waals surface area contributed by atoms with Gasteiger partial charge in [0.1, 0.15) is 4.90 Å². The molecule has 2 aromatic rings. The van der Waals surface area contributed by atoms with Gasteiger partial charge in [-0.1, -0.05) is 19.3 Å². The Balaban J connectivity index is 2.04. The minimum Gasteiger partial charge on any atom is -0.441 e. The highest BCUT2D eigenvalue weighted by atomic mass is 32.2. The van der Waals surface area contributed by atoms with Gasteiger partial charge in [-0.25, -0.2) is 18.5 Å². The van der Waals surface area contributed by atoms with Gasteiger partial charge in [-0.05, 0) is 31.0 Å². The van der Waals surface area contributed by atoms with Crippen LogP contribution in [-0.4, -0.2) is 13.4 Å². The van der Waals surface area contributed by atoms with Gasteiger partial charge >= 0.3 is 0 Å². The Bertz CT molecular complexity index is 821. The van der Waals surface area contributed by atoms with E-state index in [-0.39, 0.29) is 10.6 Å². The lowest BCUT2D eigenvalue weighted by Crippen LogP contribution is -2.14. The number of aromatic nitrogens is 1. The monoisotopic (exact) mass is 335 g/mol. The molecule has 1 saturated carbocycles. The van der Waals surface area contributed by atoms with Crippen LogP contribution >= 0.6 is 0 Å². The molecule has 0 atom stereocenters. The standard InChI is InChI=1S/C16H21N3O3S/c1-10-19-15(11-5-3-2-4-6-11)16(22-10)12-7-8-14(13(17)9-12)23(18,20)21/h7-9,11H,2-6,17H2,1H3,(H2,18,20,21). The fourth-order valence-corrected chi connectivity index (χ4v) is 3.90. The summed E-state index contributed by atoms with van der Waals surface area (Å²) in [4.78, 5) is 4.49. The first kappa shape index (κ1) is 16.0. The van der Waals surface area contributed by atoms with Crippen LogP contribution in [0.5, 0.6) is 0 Å². The Hall–Kier alpha value is -1.86. The molecule has 1 aliphatic carbocycles. The van der Waals surface area contributed by atoms with Crippen LogP contribution in [0, 0.1) is 6.92 Å². The minimum atomic E-state index is -3.83. The highest BCUT2D eigenvalue weighted by Gasteiger charge is 2.25. The number of rotatable bonds is 3. The van der Waals surface area contributed by atoms with Crippen molar-refractivity contribution in [2.45, 2.75) is 49.8 Å². The van der Waals surface area contributed by atoms with Gasteiger partial charge < -0.3 is 10.2 Å². The summed E-state index contributed by atoms with van der Waals surface area (Å²) in [5.41, 5.74) is 7.66. The Morgan fingerprint density at radius 1 is 1.22 bits per heavy atom. The number of nitrogens with two attached hydrogens (primary N) is 2.